The van der Waals surface area contributed by atoms with Gasteiger partial charge in [-0.3, -0.25) is 0 Å². The number of carbonyl (C=O) groups is 1. The monoisotopic (exact) mass is 405 g/mol. The minimum absolute atomic E-state index is 0.176. The van der Waals surface area contributed by atoms with Gasteiger partial charge in [-0.1, -0.05) is 54.6 Å². The van der Waals surface area contributed by atoms with E-state index in [0.29, 0.717) is 17.2 Å². The Kier molecular flexibility index (Phi) is 7.05. The van der Waals surface area contributed by atoms with Crippen LogP contribution >= 0.6 is 0 Å². The van der Waals surface area contributed by atoms with Gasteiger partial charge in [0.25, 0.3) is 0 Å². The molecule has 3 rings (SSSR count). The van der Waals surface area contributed by atoms with Crippen molar-refractivity contribution < 1.29 is 19.0 Å². The molecule has 30 heavy (non-hydrogen) atoms. The summed E-state index contributed by atoms with van der Waals surface area (Å²) >= 11 is 0. The fraction of sp³-hybridized carbons (Fsp3) is 0.167. The number of hydrogen-bond donors (Lipinski definition) is 0. The van der Waals surface area contributed by atoms with Crippen LogP contribution in [0.4, 0.5) is 11.4 Å². The number of rotatable bonds is 8. The first kappa shape index (κ1) is 20.9. The summed E-state index contributed by atoms with van der Waals surface area (Å²) in [6.07, 6.45) is 0. The standard InChI is InChI=1S/C24H24N2O4/c1-18(24(27)30-17-19-11-6-4-7-12-19)25-26(20-13-8-5-9-14-20)23-21(28-2)15-10-16-22(23)29-3/h4-16H,17H2,1-3H3/b25-18-/i1+1. The molecular weight excluding hydrogens is 381 g/mol. The molecule has 0 saturated carbocycles. The molecule has 154 valence electrons. The van der Waals surface area contributed by atoms with E-state index in [0.717, 1.165) is 11.3 Å². The third-order valence-electron chi connectivity index (χ3n) is 4.37. The van der Waals surface area contributed by atoms with E-state index in [-0.39, 0.29) is 12.3 Å². The van der Waals surface area contributed by atoms with Crippen molar-refractivity contribution >= 4 is 23.1 Å². The Morgan fingerprint density at radius 3 is 1.97 bits per heavy atom. The highest BCUT2D eigenvalue weighted by atomic mass is 16.5. The minimum Gasteiger partial charge on any atom is -0.494 e. The summed E-state index contributed by atoms with van der Waals surface area (Å²) in [6.45, 7) is 1.79. The number of esters is 1. The van der Waals surface area contributed by atoms with Crippen LogP contribution in [-0.4, -0.2) is 25.9 Å². The van der Waals surface area contributed by atoms with E-state index in [2.05, 4.69) is 5.10 Å². The smallest absolute Gasteiger partial charge is 0.354 e. The number of nitrogens with zero attached hydrogens (tertiary/aromatic N) is 2. The summed E-state index contributed by atoms with van der Waals surface area (Å²) in [7, 11) is 3.15. The Morgan fingerprint density at radius 1 is 0.833 bits per heavy atom. The summed E-state index contributed by atoms with van der Waals surface area (Å²) in [5.74, 6) is 0.619. The molecule has 6 heteroatoms. The zero-order valence-corrected chi connectivity index (χ0v) is 17.2. The van der Waals surface area contributed by atoms with Crippen molar-refractivity contribution in [2.45, 2.75) is 13.5 Å². The van der Waals surface area contributed by atoms with Crippen LogP contribution in [0.25, 0.3) is 0 Å². The van der Waals surface area contributed by atoms with Crippen LogP contribution in [0, 0.1) is 0 Å². The molecule has 0 amide bonds. The lowest BCUT2D eigenvalue weighted by atomic mass is 10.2. The largest absolute Gasteiger partial charge is 0.494 e. The molecule has 0 unspecified atom stereocenters. The van der Waals surface area contributed by atoms with Crippen LogP contribution in [0.3, 0.4) is 0 Å². The van der Waals surface area contributed by atoms with E-state index in [4.69, 9.17) is 14.2 Å². The van der Waals surface area contributed by atoms with E-state index in [9.17, 15) is 4.79 Å². The maximum atomic E-state index is 12.6. The van der Waals surface area contributed by atoms with Gasteiger partial charge in [-0.05, 0) is 36.8 Å². The molecule has 0 aliphatic rings. The Bertz CT molecular complexity index is 982. The average Bonchev–Trinajstić information content (AvgIpc) is 2.81. The Hall–Kier alpha value is -3.80. The third kappa shape index (κ3) is 4.97. The first-order valence-electron chi connectivity index (χ1n) is 9.46. The summed E-state index contributed by atoms with van der Waals surface area (Å²) in [5.41, 5.74) is 2.44. The molecule has 0 N–H and O–H groups in total. The third-order valence-corrected chi connectivity index (χ3v) is 4.37. The predicted molar refractivity (Wildman–Crippen MR) is 117 cm³/mol. The van der Waals surface area contributed by atoms with Crippen molar-refractivity contribution in [3.05, 3.63) is 84.4 Å². The lowest BCUT2D eigenvalue weighted by Gasteiger charge is -2.24. The van der Waals surface area contributed by atoms with Crippen LogP contribution in [0.15, 0.2) is 84.0 Å². The number of hydrogen-bond acceptors (Lipinski definition) is 6. The highest BCUT2D eigenvalue weighted by Crippen LogP contribution is 2.41. The first-order chi connectivity index (χ1) is 14.6. The molecule has 0 spiro atoms. The molecule has 0 heterocycles. The summed E-state index contributed by atoms with van der Waals surface area (Å²) < 4.78 is 16.5. The van der Waals surface area contributed by atoms with Crippen LogP contribution in [0.5, 0.6) is 11.5 Å². The zero-order valence-electron chi connectivity index (χ0n) is 17.2. The van der Waals surface area contributed by atoms with Gasteiger partial charge in [-0.15, -0.1) is 0 Å². The van der Waals surface area contributed by atoms with Gasteiger partial charge in [-0.2, -0.15) is 5.10 Å². The molecule has 0 radical (unpaired) electrons. The van der Waals surface area contributed by atoms with E-state index >= 15 is 0 Å². The molecule has 0 fully saturated rings. The SMILES string of the molecule is COc1cccc(OC)c1N(/N=C(/[13CH3])C(=O)OCc1ccccc1)c1ccccc1. The molecule has 3 aromatic carbocycles. The van der Waals surface area contributed by atoms with Gasteiger partial charge in [0.1, 0.15) is 29.5 Å². The second-order valence-corrected chi connectivity index (χ2v) is 6.41. The second kappa shape index (κ2) is 10.1. The van der Waals surface area contributed by atoms with Crippen molar-refractivity contribution in [2.75, 3.05) is 19.2 Å². The topological polar surface area (TPSA) is 60.4 Å². The quantitative estimate of drug-likeness (QED) is 0.229. The predicted octanol–water partition coefficient (Wildman–Crippen LogP) is 4.96. The molecule has 0 aromatic heterocycles. The van der Waals surface area contributed by atoms with Crippen molar-refractivity contribution in [1.82, 2.24) is 0 Å². The molecule has 6 nitrogen and oxygen atoms in total. The van der Waals surface area contributed by atoms with E-state index in [1.54, 1.807) is 26.2 Å². The first-order valence-corrected chi connectivity index (χ1v) is 9.46. The number of ether oxygens (including phenoxy) is 3. The second-order valence-electron chi connectivity index (χ2n) is 6.41. The van der Waals surface area contributed by atoms with E-state index in [1.807, 2.05) is 78.9 Å². The van der Waals surface area contributed by atoms with Gasteiger partial charge in [0.05, 0.1) is 19.9 Å². The molecule has 0 atom stereocenters. The Labute approximate surface area is 176 Å². The maximum absolute atomic E-state index is 12.6. The molecular formula is C24H24N2O4. The molecule has 3 aromatic rings. The van der Waals surface area contributed by atoms with E-state index in [1.165, 1.54) is 0 Å². The van der Waals surface area contributed by atoms with Gasteiger partial charge in [0.15, 0.2) is 0 Å². The van der Waals surface area contributed by atoms with Gasteiger partial charge < -0.3 is 14.2 Å². The summed E-state index contributed by atoms with van der Waals surface area (Å²) in [5, 5.41) is 6.18. The van der Waals surface area contributed by atoms with Gasteiger partial charge >= 0.3 is 5.97 Å². The number of carbonyl (C=O) groups excluding carboxylic acids is 1. The van der Waals surface area contributed by atoms with Crippen molar-refractivity contribution in [3.8, 4) is 11.5 Å². The van der Waals surface area contributed by atoms with Crippen LogP contribution in [0.2, 0.25) is 0 Å². The number of anilines is 2. The molecule has 0 aliphatic carbocycles. The summed E-state index contributed by atoms with van der Waals surface area (Å²) in [4.78, 5) is 12.6. The van der Waals surface area contributed by atoms with Crippen molar-refractivity contribution in [3.63, 3.8) is 0 Å². The Morgan fingerprint density at radius 2 is 1.40 bits per heavy atom. The van der Waals surface area contributed by atoms with Gasteiger partial charge in [0, 0.05) is 0 Å². The number of para-hydroxylation sites is 2. The highest BCUT2D eigenvalue weighted by Gasteiger charge is 2.21. The van der Waals surface area contributed by atoms with Crippen LogP contribution in [0.1, 0.15) is 12.5 Å². The molecule has 0 saturated heterocycles. The zero-order chi connectivity index (χ0) is 21.3. The fourth-order valence-corrected chi connectivity index (χ4v) is 2.86. The normalized spacial score (nSPS) is 11.0. The molecule has 0 bridgehead atoms. The van der Waals surface area contributed by atoms with Crippen molar-refractivity contribution in [1.29, 1.82) is 0 Å². The average molecular weight is 405 g/mol. The lowest BCUT2D eigenvalue weighted by molar-refractivity contribution is -0.136. The number of benzene rings is 3. The highest BCUT2D eigenvalue weighted by molar-refractivity contribution is 6.35. The van der Waals surface area contributed by atoms with Gasteiger partial charge in [0.2, 0.25) is 0 Å². The van der Waals surface area contributed by atoms with Crippen LogP contribution in [-0.2, 0) is 16.1 Å². The van der Waals surface area contributed by atoms with E-state index < -0.39 is 5.97 Å². The van der Waals surface area contributed by atoms with Crippen LogP contribution < -0.4 is 14.5 Å². The Balaban J connectivity index is 1.95. The molecule has 0 aliphatic heterocycles. The minimum atomic E-state index is -0.506. The number of hydrazone groups is 1. The summed E-state index contributed by atoms with van der Waals surface area (Å²) in [6, 6.07) is 24.4. The lowest BCUT2D eigenvalue weighted by Crippen LogP contribution is -2.20. The van der Waals surface area contributed by atoms with Gasteiger partial charge in [-0.25, -0.2) is 9.80 Å². The fourth-order valence-electron chi connectivity index (χ4n) is 2.86. The number of methoxy groups -OCH3 is 2. The van der Waals surface area contributed by atoms with Crippen molar-refractivity contribution in [2.24, 2.45) is 5.10 Å². The maximum Gasteiger partial charge on any atom is 0.354 e.